The van der Waals surface area contributed by atoms with Crippen LogP contribution < -0.4 is 14.9 Å². The van der Waals surface area contributed by atoms with Crippen molar-refractivity contribution in [2.45, 2.75) is 0 Å². The predicted molar refractivity (Wildman–Crippen MR) is 118 cm³/mol. The molecule has 0 saturated carbocycles. The van der Waals surface area contributed by atoms with E-state index in [1.165, 1.54) is 18.3 Å². The van der Waals surface area contributed by atoms with Crippen LogP contribution in [0.5, 0.6) is 23.0 Å². The first-order chi connectivity index (χ1) is 14.0. The molecule has 0 bridgehead atoms. The van der Waals surface area contributed by atoms with E-state index in [1.807, 2.05) is 12.1 Å². The van der Waals surface area contributed by atoms with Gasteiger partial charge in [0, 0.05) is 5.56 Å². The van der Waals surface area contributed by atoms with Gasteiger partial charge in [0.1, 0.15) is 23.0 Å². The molecular formula is C21H16Br2N2O4. The second-order valence-corrected chi connectivity index (χ2v) is 7.55. The van der Waals surface area contributed by atoms with E-state index in [0.717, 1.165) is 14.5 Å². The molecule has 0 aliphatic heterocycles. The van der Waals surface area contributed by atoms with Gasteiger partial charge in [-0.3, -0.25) is 4.79 Å². The Hall–Kier alpha value is -2.84. The van der Waals surface area contributed by atoms with Crippen LogP contribution in [0.4, 0.5) is 0 Å². The minimum Gasteiger partial charge on any atom is -0.508 e. The van der Waals surface area contributed by atoms with Crippen molar-refractivity contribution in [3.05, 3.63) is 80.7 Å². The number of carbonyl (C=O) groups is 1. The SMILES string of the molecule is COc1c(Br)cc(/C=N\NC(=O)c2ccc(Oc3ccc(O)cc3)cc2)cc1Br. The summed E-state index contributed by atoms with van der Waals surface area (Å²) >= 11 is 6.84. The number of halogens is 2. The van der Waals surface area contributed by atoms with Crippen molar-refractivity contribution in [2.75, 3.05) is 7.11 Å². The lowest BCUT2D eigenvalue weighted by Crippen LogP contribution is -2.17. The minimum absolute atomic E-state index is 0.166. The fourth-order valence-electron chi connectivity index (χ4n) is 2.40. The number of aromatic hydroxyl groups is 1. The van der Waals surface area contributed by atoms with E-state index in [0.29, 0.717) is 22.8 Å². The van der Waals surface area contributed by atoms with E-state index < -0.39 is 0 Å². The Morgan fingerprint density at radius 2 is 1.55 bits per heavy atom. The van der Waals surface area contributed by atoms with E-state index in [1.54, 1.807) is 43.5 Å². The van der Waals surface area contributed by atoms with Crippen LogP contribution in [-0.4, -0.2) is 24.3 Å². The van der Waals surface area contributed by atoms with Crippen LogP contribution in [0, 0.1) is 0 Å². The van der Waals surface area contributed by atoms with Gasteiger partial charge in [-0.1, -0.05) is 0 Å². The highest BCUT2D eigenvalue weighted by Gasteiger charge is 2.08. The second kappa shape index (κ2) is 9.58. The van der Waals surface area contributed by atoms with Crippen LogP contribution in [-0.2, 0) is 0 Å². The molecule has 0 fully saturated rings. The molecule has 0 atom stereocenters. The standard InChI is InChI=1S/C21H16Br2N2O4/c1-28-20-18(22)10-13(11-19(20)23)12-24-25-21(27)14-2-6-16(7-3-14)29-17-8-4-15(26)5-9-17/h2-12,26H,1H3,(H,25,27)/b24-12-. The molecule has 0 aliphatic carbocycles. The number of nitrogens with zero attached hydrogens (tertiary/aromatic N) is 1. The summed E-state index contributed by atoms with van der Waals surface area (Å²) in [7, 11) is 1.58. The van der Waals surface area contributed by atoms with Gasteiger partial charge in [0.15, 0.2) is 0 Å². The van der Waals surface area contributed by atoms with Crippen molar-refractivity contribution in [3.63, 3.8) is 0 Å². The maximum atomic E-state index is 12.2. The van der Waals surface area contributed by atoms with Crippen LogP contribution in [0.2, 0.25) is 0 Å². The quantitative estimate of drug-likeness (QED) is 0.333. The second-order valence-electron chi connectivity index (χ2n) is 5.84. The Labute approximate surface area is 184 Å². The number of amides is 1. The molecule has 29 heavy (non-hydrogen) atoms. The highest BCUT2D eigenvalue weighted by atomic mass is 79.9. The van der Waals surface area contributed by atoms with Gasteiger partial charge in [-0.15, -0.1) is 0 Å². The van der Waals surface area contributed by atoms with Gasteiger partial charge in [0.2, 0.25) is 0 Å². The molecule has 8 heteroatoms. The maximum absolute atomic E-state index is 12.2. The van der Waals surface area contributed by atoms with Crippen LogP contribution in [0.15, 0.2) is 74.7 Å². The number of rotatable bonds is 6. The predicted octanol–water partition coefficient (Wildman–Crippen LogP) is 5.48. The molecule has 3 rings (SSSR count). The number of hydrogen-bond acceptors (Lipinski definition) is 5. The fraction of sp³-hybridized carbons (Fsp3) is 0.0476. The van der Waals surface area contributed by atoms with Crippen LogP contribution >= 0.6 is 31.9 Å². The molecule has 0 heterocycles. The molecule has 0 aromatic heterocycles. The van der Waals surface area contributed by atoms with Gasteiger partial charge in [-0.05, 0) is 98.1 Å². The smallest absolute Gasteiger partial charge is 0.271 e. The van der Waals surface area contributed by atoms with Crippen molar-refractivity contribution < 1.29 is 19.4 Å². The average Bonchev–Trinajstić information content (AvgIpc) is 2.70. The molecule has 2 N–H and O–H groups in total. The van der Waals surface area contributed by atoms with E-state index >= 15 is 0 Å². The molecule has 6 nitrogen and oxygen atoms in total. The third kappa shape index (κ3) is 5.58. The Bertz CT molecular complexity index is 1010. The minimum atomic E-state index is -0.343. The summed E-state index contributed by atoms with van der Waals surface area (Å²) in [5.41, 5.74) is 3.71. The van der Waals surface area contributed by atoms with E-state index in [2.05, 4.69) is 42.4 Å². The lowest BCUT2D eigenvalue weighted by molar-refractivity contribution is 0.0955. The first-order valence-corrected chi connectivity index (χ1v) is 9.98. The van der Waals surface area contributed by atoms with E-state index in [-0.39, 0.29) is 11.7 Å². The number of phenolic OH excluding ortho intramolecular Hbond substituents is 1. The first-order valence-electron chi connectivity index (χ1n) is 8.39. The summed E-state index contributed by atoms with van der Waals surface area (Å²) in [6.45, 7) is 0. The third-order valence-corrected chi connectivity index (χ3v) is 4.97. The molecule has 3 aromatic rings. The first kappa shape index (κ1) is 20.9. The lowest BCUT2D eigenvalue weighted by Gasteiger charge is -2.07. The highest BCUT2D eigenvalue weighted by Crippen LogP contribution is 2.33. The van der Waals surface area contributed by atoms with Crippen molar-refractivity contribution >= 4 is 44.0 Å². The zero-order chi connectivity index (χ0) is 20.8. The number of nitrogens with one attached hydrogen (secondary N) is 1. The monoisotopic (exact) mass is 518 g/mol. The molecule has 3 aromatic carbocycles. The van der Waals surface area contributed by atoms with Crippen molar-refractivity contribution in [2.24, 2.45) is 5.10 Å². The lowest BCUT2D eigenvalue weighted by atomic mass is 10.2. The number of hydrogen-bond donors (Lipinski definition) is 2. The van der Waals surface area contributed by atoms with Crippen molar-refractivity contribution in [1.29, 1.82) is 0 Å². The normalized spacial score (nSPS) is 10.7. The number of ether oxygens (including phenoxy) is 2. The van der Waals surface area contributed by atoms with Crippen molar-refractivity contribution in [1.82, 2.24) is 5.43 Å². The zero-order valence-electron chi connectivity index (χ0n) is 15.2. The number of methoxy groups -OCH3 is 1. The summed E-state index contributed by atoms with van der Waals surface area (Å²) in [5, 5.41) is 13.3. The number of phenols is 1. The molecule has 1 amide bonds. The number of hydrazone groups is 1. The van der Waals surface area contributed by atoms with Gasteiger partial charge >= 0.3 is 0 Å². The fourth-order valence-corrected chi connectivity index (χ4v) is 3.95. The van der Waals surface area contributed by atoms with Crippen molar-refractivity contribution in [3.8, 4) is 23.0 Å². The Morgan fingerprint density at radius 1 is 1.00 bits per heavy atom. The average molecular weight is 520 g/mol. The summed E-state index contributed by atoms with van der Waals surface area (Å²) in [6, 6.07) is 16.7. The van der Waals surface area contributed by atoms with Gasteiger partial charge in [0.05, 0.1) is 22.3 Å². The van der Waals surface area contributed by atoms with E-state index in [4.69, 9.17) is 9.47 Å². The van der Waals surface area contributed by atoms with Gasteiger partial charge in [-0.2, -0.15) is 5.10 Å². The number of carbonyl (C=O) groups excluding carboxylic acids is 1. The van der Waals surface area contributed by atoms with Crippen LogP contribution in [0.1, 0.15) is 15.9 Å². The summed E-state index contributed by atoms with van der Waals surface area (Å²) in [4.78, 5) is 12.2. The number of benzene rings is 3. The molecule has 0 spiro atoms. The topological polar surface area (TPSA) is 80.2 Å². The van der Waals surface area contributed by atoms with Gasteiger partial charge in [0.25, 0.3) is 5.91 Å². The molecule has 0 saturated heterocycles. The molecular weight excluding hydrogens is 504 g/mol. The molecule has 0 radical (unpaired) electrons. The third-order valence-electron chi connectivity index (χ3n) is 3.79. The largest absolute Gasteiger partial charge is 0.508 e. The van der Waals surface area contributed by atoms with E-state index in [9.17, 15) is 9.90 Å². The van der Waals surface area contributed by atoms with Crippen LogP contribution in [0.25, 0.3) is 0 Å². The molecule has 148 valence electrons. The Balaban J connectivity index is 1.61. The van der Waals surface area contributed by atoms with Gasteiger partial charge < -0.3 is 14.6 Å². The summed E-state index contributed by atoms with van der Waals surface area (Å²) in [6.07, 6.45) is 1.54. The van der Waals surface area contributed by atoms with Crippen LogP contribution in [0.3, 0.4) is 0 Å². The molecule has 0 unspecified atom stereocenters. The Kier molecular flexibility index (Phi) is 6.90. The maximum Gasteiger partial charge on any atom is 0.271 e. The summed E-state index contributed by atoms with van der Waals surface area (Å²) < 4.78 is 12.5. The Morgan fingerprint density at radius 3 is 2.10 bits per heavy atom. The zero-order valence-corrected chi connectivity index (χ0v) is 18.4. The van der Waals surface area contributed by atoms with Gasteiger partial charge in [-0.25, -0.2) is 5.43 Å². The molecule has 0 aliphatic rings. The highest BCUT2D eigenvalue weighted by molar-refractivity contribution is 9.11. The summed E-state index contributed by atoms with van der Waals surface area (Å²) in [5.74, 6) is 1.66.